The van der Waals surface area contributed by atoms with E-state index in [1.165, 1.54) is 24.3 Å². The first-order chi connectivity index (χ1) is 7.02. The molecule has 0 aliphatic heterocycles. The number of carbonyl (C=O) groups excluding carboxylic acids is 1. The second kappa shape index (κ2) is 4.63. The molecule has 5 nitrogen and oxygen atoms in total. The number of hydrogen-bond acceptors (Lipinski definition) is 3. The summed E-state index contributed by atoms with van der Waals surface area (Å²) in [5, 5.41) is 8.66. The Morgan fingerprint density at radius 3 is 2.73 bits per heavy atom. The predicted molar refractivity (Wildman–Crippen MR) is 52.0 cm³/mol. The Morgan fingerprint density at radius 1 is 1.60 bits per heavy atom. The maximum absolute atomic E-state index is 11.5. The lowest BCUT2D eigenvalue weighted by Crippen LogP contribution is -2.34. The van der Waals surface area contributed by atoms with Gasteiger partial charge in [0.2, 0.25) is 5.91 Å². The summed E-state index contributed by atoms with van der Waals surface area (Å²) >= 11 is 0. The highest BCUT2D eigenvalue weighted by Gasteiger charge is 2.23. The normalized spacial score (nSPS) is 12.1. The molecule has 1 aromatic heterocycles. The number of furan rings is 1. The molecular weight excluding hydrogens is 198 g/mol. The highest BCUT2D eigenvalue weighted by atomic mass is 16.4. The van der Waals surface area contributed by atoms with Gasteiger partial charge in [0.25, 0.3) is 0 Å². The van der Waals surface area contributed by atoms with Gasteiger partial charge in [0.1, 0.15) is 5.92 Å². The van der Waals surface area contributed by atoms with Gasteiger partial charge in [0.05, 0.1) is 12.5 Å². The number of carboxylic acids is 1. The van der Waals surface area contributed by atoms with E-state index in [9.17, 15) is 9.59 Å². The lowest BCUT2D eigenvalue weighted by Gasteiger charge is -2.18. The lowest BCUT2D eigenvalue weighted by atomic mass is 10.1. The van der Waals surface area contributed by atoms with E-state index in [0.29, 0.717) is 6.54 Å². The van der Waals surface area contributed by atoms with Crippen LogP contribution in [0.4, 0.5) is 0 Å². The Labute approximate surface area is 87.3 Å². The van der Waals surface area contributed by atoms with Gasteiger partial charge in [-0.15, -0.1) is 0 Å². The molecule has 0 bridgehead atoms. The first-order valence-electron chi connectivity index (χ1n) is 4.51. The zero-order valence-corrected chi connectivity index (χ0v) is 8.64. The first-order valence-corrected chi connectivity index (χ1v) is 4.51. The van der Waals surface area contributed by atoms with Crippen LogP contribution in [0.5, 0.6) is 0 Å². The van der Waals surface area contributed by atoms with Crippen molar-refractivity contribution in [2.45, 2.75) is 13.5 Å². The number of hydrogen-bond donors (Lipinski definition) is 1. The molecule has 1 heterocycles. The van der Waals surface area contributed by atoms with Crippen LogP contribution in [0.1, 0.15) is 12.5 Å². The fourth-order valence-corrected chi connectivity index (χ4v) is 1.17. The third kappa shape index (κ3) is 2.83. The SMILES string of the molecule is CC(C(=O)O)C(=O)N(C)Cc1ccoc1. The Bertz CT molecular complexity index is 344. The molecule has 0 saturated heterocycles. The van der Waals surface area contributed by atoms with Crippen LogP contribution in [-0.2, 0) is 16.1 Å². The third-order valence-corrected chi connectivity index (χ3v) is 2.12. The summed E-state index contributed by atoms with van der Waals surface area (Å²) in [4.78, 5) is 23.5. The molecular formula is C10H13NO4. The number of nitrogens with zero attached hydrogens (tertiary/aromatic N) is 1. The molecule has 15 heavy (non-hydrogen) atoms. The monoisotopic (exact) mass is 211 g/mol. The average molecular weight is 211 g/mol. The van der Waals surface area contributed by atoms with Crippen molar-refractivity contribution in [2.24, 2.45) is 5.92 Å². The van der Waals surface area contributed by atoms with Gasteiger partial charge in [-0.3, -0.25) is 9.59 Å². The lowest BCUT2D eigenvalue weighted by molar-refractivity contribution is -0.149. The number of aliphatic carboxylic acids is 1. The molecule has 1 unspecified atom stereocenters. The number of carbonyl (C=O) groups is 2. The fraction of sp³-hybridized carbons (Fsp3) is 0.400. The van der Waals surface area contributed by atoms with Crippen LogP contribution < -0.4 is 0 Å². The first kappa shape index (κ1) is 11.3. The largest absolute Gasteiger partial charge is 0.481 e. The second-order valence-corrected chi connectivity index (χ2v) is 3.39. The summed E-state index contributed by atoms with van der Waals surface area (Å²) in [7, 11) is 1.56. The highest BCUT2D eigenvalue weighted by Crippen LogP contribution is 2.07. The Hall–Kier alpha value is -1.78. The minimum absolute atomic E-state index is 0.354. The van der Waals surface area contributed by atoms with Crippen molar-refractivity contribution in [1.29, 1.82) is 0 Å². The summed E-state index contributed by atoms with van der Waals surface area (Å²) < 4.78 is 4.85. The van der Waals surface area contributed by atoms with Gasteiger partial charge in [-0.2, -0.15) is 0 Å². The summed E-state index contributed by atoms with van der Waals surface area (Å²) in [5.41, 5.74) is 0.837. The molecule has 82 valence electrons. The molecule has 0 saturated carbocycles. The summed E-state index contributed by atoms with van der Waals surface area (Å²) in [6.07, 6.45) is 3.03. The topological polar surface area (TPSA) is 70.8 Å². The van der Waals surface area contributed by atoms with Crippen LogP contribution in [-0.4, -0.2) is 28.9 Å². The zero-order chi connectivity index (χ0) is 11.4. The number of amides is 1. The summed E-state index contributed by atoms with van der Waals surface area (Å²) in [6.45, 7) is 1.73. The molecule has 5 heteroatoms. The van der Waals surface area contributed by atoms with Crippen molar-refractivity contribution in [3.63, 3.8) is 0 Å². The molecule has 0 aromatic carbocycles. The van der Waals surface area contributed by atoms with Crippen molar-refractivity contribution in [1.82, 2.24) is 4.90 Å². The van der Waals surface area contributed by atoms with Gasteiger partial charge in [-0.25, -0.2) is 0 Å². The quantitative estimate of drug-likeness (QED) is 0.753. The molecule has 0 aliphatic carbocycles. The molecule has 1 amide bonds. The molecule has 0 spiro atoms. The van der Waals surface area contributed by atoms with Crippen LogP contribution >= 0.6 is 0 Å². The minimum atomic E-state index is -1.11. The van der Waals surface area contributed by atoms with Crippen molar-refractivity contribution in [3.05, 3.63) is 24.2 Å². The third-order valence-electron chi connectivity index (χ3n) is 2.12. The zero-order valence-electron chi connectivity index (χ0n) is 8.64. The Balaban J connectivity index is 2.57. The number of carboxylic acid groups (broad SMARTS) is 1. The molecule has 1 atom stereocenters. The highest BCUT2D eigenvalue weighted by molar-refractivity contribution is 5.96. The van der Waals surface area contributed by atoms with Crippen molar-refractivity contribution in [3.8, 4) is 0 Å². The van der Waals surface area contributed by atoms with Gasteiger partial charge in [-0.05, 0) is 13.0 Å². The van der Waals surface area contributed by atoms with Crippen LogP contribution in [0.15, 0.2) is 23.0 Å². The predicted octanol–water partition coefficient (Wildman–Crippen LogP) is 0.959. The molecule has 1 rings (SSSR count). The summed E-state index contributed by atoms with van der Waals surface area (Å²) in [5.74, 6) is -2.54. The Kier molecular flexibility index (Phi) is 3.49. The van der Waals surface area contributed by atoms with Gasteiger partial charge in [-0.1, -0.05) is 0 Å². The maximum Gasteiger partial charge on any atom is 0.315 e. The fourth-order valence-electron chi connectivity index (χ4n) is 1.17. The van der Waals surface area contributed by atoms with E-state index in [2.05, 4.69) is 0 Å². The summed E-state index contributed by atoms with van der Waals surface area (Å²) in [6, 6.07) is 1.73. The van der Waals surface area contributed by atoms with E-state index in [1.807, 2.05) is 0 Å². The van der Waals surface area contributed by atoms with Crippen LogP contribution in [0, 0.1) is 5.92 Å². The van der Waals surface area contributed by atoms with E-state index >= 15 is 0 Å². The van der Waals surface area contributed by atoms with E-state index < -0.39 is 17.8 Å². The molecule has 1 aromatic rings. The van der Waals surface area contributed by atoms with E-state index in [0.717, 1.165) is 5.56 Å². The molecule has 1 N–H and O–H groups in total. The molecule has 0 radical (unpaired) electrons. The smallest absolute Gasteiger partial charge is 0.315 e. The van der Waals surface area contributed by atoms with Crippen molar-refractivity contribution >= 4 is 11.9 Å². The standard InChI is InChI=1S/C10H13NO4/c1-7(10(13)14)9(12)11(2)5-8-3-4-15-6-8/h3-4,6-7H,5H2,1-2H3,(H,13,14). The molecule has 0 fully saturated rings. The van der Waals surface area contributed by atoms with E-state index in [1.54, 1.807) is 13.1 Å². The number of rotatable bonds is 4. The average Bonchev–Trinajstić information content (AvgIpc) is 2.67. The van der Waals surface area contributed by atoms with Crippen LogP contribution in [0.25, 0.3) is 0 Å². The maximum atomic E-state index is 11.5. The molecule has 0 aliphatic rings. The van der Waals surface area contributed by atoms with E-state index in [-0.39, 0.29) is 0 Å². The van der Waals surface area contributed by atoms with Gasteiger partial charge in [0.15, 0.2) is 0 Å². The Morgan fingerprint density at radius 2 is 2.27 bits per heavy atom. The van der Waals surface area contributed by atoms with Gasteiger partial charge < -0.3 is 14.4 Å². The van der Waals surface area contributed by atoms with Crippen molar-refractivity contribution in [2.75, 3.05) is 7.05 Å². The minimum Gasteiger partial charge on any atom is -0.481 e. The van der Waals surface area contributed by atoms with Crippen LogP contribution in [0.2, 0.25) is 0 Å². The van der Waals surface area contributed by atoms with Gasteiger partial charge >= 0.3 is 5.97 Å². The van der Waals surface area contributed by atoms with Crippen LogP contribution in [0.3, 0.4) is 0 Å². The van der Waals surface area contributed by atoms with E-state index in [4.69, 9.17) is 9.52 Å². The second-order valence-electron chi connectivity index (χ2n) is 3.39. The van der Waals surface area contributed by atoms with Gasteiger partial charge in [0, 0.05) is 19.2 Å². The van der Waals surface area contributed by atoms with Crippen molar-refractivity contribution < 1.29 is 19.1 Å².